The number of allylic oxidation sites excluding steroid dienone is 1. The van der Waals surface area contributed by atoms with E-state index in [2.05, 4.69) is 48.6 Å². The van der Waals surface area contributed by atoms with Gasteiger partial charge in [-0.3, -0.25) is 9.69 Å². The van der Waals surface area contributed by atoms with Crippen LogP contribution < -0.4 is 16.0 Å². The molecule has 2 aromatic carbocycles. The first-order valence-electron chi connectivity index (χ1n) is 10.1. The minimum atomic E-state index is -0.129. The maximum Gasteiger partial charge on any atom is 0.258 e. The third kappa shape index (κ3) is 3.70. The van der Waals surface area contributed by atoms with E-state index in [1.807, 2.05) is 42.5 Å². The molecular weight excluding hydrogens is 493 g/mol. The topological polar surface area (TPSA) is 78.0 Å². The van der Waals surface area contributed by atoms with Gasteiger partial charge in [0.15, 0.2) is 0 Å². The van der Waals surface area contributed by atoms with Crippen molar-refractivity contribution in [1.82, 2.24) is 10.2 Å². The molecule has 0 aromatic heterocycles. The number of carbonyl (C=O) groups is 1. The average Bonchev–Trinajstić information content (AvgIpc) is 3.28. The summed E-state index contributed by atoms with van der Waals surface area (Å²) in [4.78, 5) is 20.9. The molecule has 2 aromatic rings. The van der Waals surface area contributed by atoms with E-state index in [1.54, 1.807) is 0 Å². The molecule has 30 heavy (non-hydrogen) atoms. The lowest BCUT2D eigenvalue weighted by molar-refractivity contribution is -0.110. The molecule has 1 fully saturated rings. The monoisotopic (exact) mass is 515 g/mol. The van der Waals surface area contributed by atoms with Crippen molar-refractivity contribution >= 4 is 51.2 Å². The van der Waals surface area contributed by atoms with E-state index in [9.17, 15) is 4.79 Å². The van der Waals surface area contributed by atoms with Gasteiger partial charge in [0, 0.05) is 58.8 Å². The van der Waals surface area contributed by atoms with Gasteiger partial charge in [0.25, 0.3) is 5.91 Å². The number of carbonyl (C=O) groups excluding carboxylic acids is 1. The second kappa shape index (κ2) is 8.37. The smallest absolute Gasteiger partial charge is 0.258 e. The minimum Gasteiger partial charge on any atom is -0.394 e. The maximum absolute atomic E-state index is 12.8. The molecule has 154 valence electrons. The van der Waals surface area contributed by atoms with Gasteiger partial charge in [-0.25, -0.2) is 0 Å². The summed E-state index contributed by atoms with van der Waals surface area (Å²) in [5.41, 5.74) is 5.53. The average molecular weight is 515 g/mol. The highest BCUT2D eigenvalue weighted by Crippen LogP contribution is 2.39. The van der Waals surface area contributed by atoms with Crippen LogP contribution in [0.15, 0.2) is 53.3 Å². The van der Waals surface area contributed by atoms with Crippen LogP contribution in [-0.4, -0.2) is 55.8 Å². The summed E-state index contributed by atoms with van der Waals surface area (Å²) < 4.78 is 1.07. The van der Waals surface area contributed by atoms with Crippen molar-refractivity contribution < 1.29 is 9.63 Å². The van der Waals surface area contributed by atoms with E-state index in [0.29, 0.717) is 23.6 Å². The Bertz CT molecular complexity index is 1060. The van der Waals surface area contributed by atoms with Gasteiger partial charge in [-0.05, 0) is 46.9 Å². The molecule has 0 radical (unpaired) electrons. The predicted molar refractivity (Wildman–Crippen MR) is 127 cm³/mol. The standard InChI is InChI=1S/C22H22IN5O2/c23-14-5-6-18-16(13-14)19(22(29)26-18)21-20(15-3-1-2-4-17(15)25-21)27-30-12-11-28-9-7-24-8-10-28/h1-6,13,24-25H,7-12H2,(H,26,29)/b21-19-,27-20+. The van der Waals surface area contributed by atoms with Crippen LogP contribution in [-0.2, 0) is 9.63 Å². The molecule has 1 amide bonds. The number of fused-ring (bicyclic) bond motifs is 2. The van der Waals surface area contributed by atoms with Crippen LogP contribution >= 0.6 is 22.6 Å². The van der Waals surface area contributed by atoms with E-state index >= 15 is 0 Å². The SMILES string of the molecule is O=C1Nc2ccc(I)cc2/C1=C1/Nc2ccccc2/C1=N\OCCN1CCNCC1. The van der Waals surface area contributed by atoms with Crippen molar-refractivity contribution in [2.75, 3.05) is 50.0 Å². The summed E-state index contributed by atoms with van der Waals surface area (Å²) in [7, 11) is 0. The fourth-order valence-corrected chi connectivity index (χ4v) is 4.50. The van der Waals surface area contributed by atoms with E-state index in [-0.39, 0.29) is 5.91 Å². The zero-order valence-electron chi connectivity index (χ0n) is 16.4. The third-order valence-corrected chi connectivity index (χ3v) is 6.19. The summed E-state index contributed by atoms with van der Waals surface area (Å²) in [6, 6.07) is 13.9. The molecule has 0 aliphatic carbocycles. The number of rotatable bonds is 4. The zero-order chi connectivity index (χ0) is 20.5. The summed E-state index contributed by atoms with van der Waals surface area (Å²) in [6.45, 7) is 5.41. The number of para-hydroxylation sites is 1. The number of nitrogens with one attached hydrogen (secondary N) is 3. The van der Waals surface area contributed by atoms with Crippen molar-refractivity contribution in [2.45, 2.75) is 0 Å². The Morgan fingerprint density at radius 2 is 1.83 bits per heavy atom. The summed E-state index contributed by atoms with van der Waals surface area (Å²) in [6.07, 6.45) is 0. The lowest BCUT2D eigenvalue weighted by atomic mass is 10.0. The minimum absolute atomic E-state index is 0.129. The van der Waals surface area contributed by atoms with Crippen LogP contribution in [0.4, 0.5) is 11.4 Å². The largest absolute Gasteiger partial charge is 0.394 e. The van der Waals surface area contributed by atoms with Gasteiger partial charge in [-0.2, -0.15) is 0 Å². The van der Waals surface area contributed by atoms with Gasteiger partial charge in [-0.15, -0.1) is 0 Å². The van der Waals surface area contributed by atoms with Crippen molar-refractivity contribution in [2.24, 2.45) is 5.16 Å². The van der Waals surface area contributed by atoms with Crippen molar-refractivity contribution in [3.63, 3.8) is 0 Å². The zero-order valence-corrected chi connectivity index (χ0v) is 18.5. The number of oxime groups is 1. The van der Waals surface area contributed by atoms with Crippen molar-refractivity contribution in [3.8, 4) is 0 Å². The molecule has 0 unspecified atom stereocenters. The predicted octanol–water partition coefficient (Wildman–Crippen LogP) is 2.71. The molecule has 3 aliphatic rings. The van der Waals surface area contributed by atoms with Gasteiger partial charge >= 0.3 is 0 Å². The second-order valence-corrected chi connectivity index (χ2v) is 8.68. The van der Waals surface area contributed by atoms with Gasteiger partial charge in [0.2, 0.25) is 0 Å². The molecule has 5 rings (SSSR count). The molecular formula is C22H22IN5O2. The Morgan fingerprint density at radius 3 is 2.70 bits per heavy atom. The van der Waals surface area contributed by atoms with E-state index in [1.165, 1.54) is 0 Å². The summed E-state index contributed by atoms with van der Waals surface area (Å²) in [5, 5.41) is 14.2. The maximum atomic E-state index is 12.8. The quantitative estimate of drug-likeness (QED) is 0.253. The Balaban J connectivity index is 1.47. The molecule has 1 saturated heterocycles. The fourth-order valence-electron chi connectivity index (χ4n) is 4.01. The third-order valence-electron chi connectivity index (χ3n) is 5.52. The van der Waals surface area contributed by atoms with Gasteiger partial charge in [0.05, 0.1) is 11.3 Å². The Morgan fingerprint density at radius 1 is 1.03 bits per heavy atom. The molecule has 0 bridgehead atoms. The lowest BCUT2D eigenvalue weighted by Crippen LogP contribution is -2.44. The van der Waals surface area contributed by atoms with Crippen LogP contribution in [0.3, 0.4) is 0 Å². The number of benzene rings is 2. The Labute approximate surface area is 188 Å². The van der Waals surface area contributed by atoms with Gasteiger partial charge in [0.1, 0.15) is 12.3 Å². The Kier molecular flexibility index (Phi) is 5.45. The van der Waals surface area contributed by atoms with E-state index < -0.39 is 0 Å². The van der Waals surface area contributed by atoms with Crippen molar-refractivity contribution in [3.05, 3.63) is 62.9 Å². The number of anilines is 2. The van der Waals surface area contributed by atoms with Gasteiger partial charge < -0.3 is 20.8 Å². The molecule has 0 spiro atoms. The number of nitrogens with zero attached hydrogens (tertiary/aromatic N) is 2. The first-order chi connectivity index (χ1) is 14.7. The second-order valence-electron chi connectivity index (χ2n) is 7.43. The van der Waals surface area contributed by atoms with Crippen LogP contribution in [0.25, 0.3) is 5.57 Å². The Hall–Kier alpha value is -2.43. The molecule has 8 heteroatoms. The molecule has 0 saturated carbocycles. The molecule has 0 atom stereocenters. The van der Waals surface area contributed by atoms with Crippen LogP contribution in [0.2, 0.25) is 0 Å². The van der Waals surface area contributed by atoms with Crippen molar-refractivity contribution in [1.29, 1.82) is 0 Å². The van der Waals surface area contributed by atoms with E-state index in [0.717, 1.165) is 58.8 Å². The highest BCUT2D eigenvalue weighted by Gasteiger charge is 2.34. The number of hydrogen-bond donors (Lipinski definition) is 3. The number of halogens is 1. The lowest BCUT2D eigenvalue weighted by Gasteiger charge is -2.26. The van der Waals surface area contributed by atoms with Gasteiger partial charge in [-0.1, -0.05) is 23.4 Å². The molecule has 3 heterocycles. The highest BCUT2D eigenvalue weighted by atomic mass is 127. The summed E-state index contributed by atoms with van der Waals surface area (Å²) in [5.74, 6) is -0.129. The first kappa shape index (κ1) is 19.5. The van der Waals surface area contributed by atoms with Crippen LogP contribution in [0.5, 0.6) is 0 Å². The first-order valence-corrected chi connectivity index (χ1v) is 11.1. The summed E-state index contributed by atoms with van der Waals surface area (Å²) >= 11 is 2.26. The number of hydrogen-bond acceptors (Lipinski definition) is 6. The number of amides is 1. The van der Waals surface area contributed by atoms with E-state index in [4.69, 9.17) is 4.84 Å². The fraction of sp³-hybridized carbons (Fsp3) is 0.273. The molecule has 3 N–H and O–H groups in total. The number of piperazine rings is 1. The van der Waals surface area contributed by atoms with Crippen LogP contribution in [0.1, 0.15) is 11.1 Å². The molecule has 7 nitrogen and oxygen atoms in total. The highest BCUT2D eigenvalue weighted by molar-refractivity contribution is 14.1. The normalized spacial score (nSPS) is 21.9. The van der Waals surface area contributed by atoms with Crippen LogP contribution in [0, 0.1) is 3.57 Å². The molecule has 3 aliphatic heterocycles.